The Morgan fingerprint density at radius 1 is 1.35 bits per heavy atom. The SMILES string of the molecule is COC(=O)c1ccccc1NC(=O)c1nn(C)c(=O)[nH]1. The normalized spacial score (nSPS) is 10.1. The first kappa shape index (κ1) is 13.5. The lowest BCUT2D eigenvalue weighted by Gasteiger charge is -2.07. The van der Waals surface area contributed by atoms with Crippen molar-refractivity contribution < 1.29 is 14.3 Å². The number of methoxy groups -OCH3 is 1. The van der Waals surface area contributed by atoms with Gasteiger partial charge < -0.3 is 10.1 Å². The molecule has 2 N–H and O–H groups in total. The summed E-state index contributed by atoms with van der Waals surface area (Å²) in [6.45, 7) is 0. The number of benzene rings is 1. The first-order valence-electron chi connectivity index (χ1n) is 5.65. The van der Waals surface area contributed by atoms with Gasteiger partial charge in [0.25, 0.3) is 5.91 Å². The Hall–Kier alpha value is -2.90. The minimum absolute atomic E-state index is 0.142. The molecule has 8 nitrogen and oxygen atoms in total. The summed E-state index contributed by atoms with van der Waals surface area (Å²) in [6, 6.07) is 6.36. The molecule has 0 spiro atoms. The van der Waals surface area contributed by atoms with E-state index in [1.807, 2.05) is 0 Å². The maximum absolute atomic E-state index is 11.9. The number of carbonyl (C=O) groups excluding carboxylic acids is 2. The van der Waals surface area contributed by atoms with Crippen LogP contribution in [-0.2, 0) is 11.8 Å². The molecule has 0 fully saturated rings. The Morgan fingerprint density at radius 2 is 2.05 bits per heavy atom. The summed E-state index contributed by atoms with van der Waals surface area (Å²) < 4.78 is 5.62. The second kappa shape index (κ2) is 5.39. The largest absolute Gasteiger partial charge is 0.465 e. The number of carbonyl (C=O) groups is 2. The maximum atomic E-state index is 11.9. The summed E-state index contributed by atoms with van der Waals surface area (Å²) in [5.74, 6) is -1.34. The number of hydrogen-bond acceptors (Lipinski definition) is 5. The maximum Gasteiger partial charge on any atom is 0.343 e. The van der Waals surface area contributed by atoms with Crippen molar-refractivity contribution in [1.82, 2.24) is 14.8 Å². The Balaban J connectivity index is 2.28. The molecule has 0 atom stereocenters. The summed E-state index contributed by atoms with van der Waals surface area (Å²) in [6.07, 6.45) is 0. The zero-order chi connectivity index (χ0) is 14.7. The summed E-state index contributed by atoms with van der Waals surface area (Å²) in [7, 11) is 2.66. The number of hydrogen-bond donors (Lipinski definition) is 2. The number of nitrogens with one attached hydrogen (secondary N) is 2. The smallest absolute Gasteiger partial charge is 0.343 e. The molecule has 0 aliphatic carbocycles. The van der Waals surface area contributed by atoms with Crippen LogP contribution >= 0.6 is 0 Å². The molecular formula is C12H12N4O4. The van der Waals surface area contributed by atoms with Crippen molar-refractivity contribution in [2.75, 3.05) is 12.4 Å². The molecule has 2 rings (SSSR count). The summed E-state index contributed by atoms with van der Waals surface area (Å²) in [4.78, 5) is 37.0. The number of aromatic nitrogens is 3. The van der Waals surface area contributed by atoms with Gasteiger partial charge in [-0.3, -0.25) is 9.78 Å². The average Bonchev–Trinajstić information content (AvgIpc) is 2.78. The molecule has 0 bridgehead atoms. The quantitative estimate of drug-likeness (QED) is 0.776. The number of esters is 1. The predicted octanol–water partition coefficient (Wildman–Crippen LogP) is 0.147. The van der Waals surface area contributed by atoms with E-state index in [-0.39, 0.29) is 17.1 Å². The first-order chi connectivity index (χ1) is 9.52. The van der Waals surface area contributed by atoms with Gasteiger partial charge >= 0.3 is 11.7 Å². The van der Waals surface area contributed by atoms with E-state index in [0.29, 0.717) is 0 Å². The van der Waals surface area contributed by atoms with E-state index in [1.165, 1.54) is 20.2 Å². The number of nitrogens with zero attached hydrogens (tertiary/aromatic N) is 2. The Labute approximate surface area is 113 Å². The molecule has 20 heavy (non-hydrogen) atoms. The fraction of sp³-hybridized carbons (Fsp3) is 0.167. The highest BCUT2D eigenvalue weighted by molar-refractivity contribution is 6.06. The molecular weight excluding hydrogens is 264 g/mol. The minimum atomic E-state index is -0.626. The Morgan fingerprint density at radius 3 is 2.65 bits per heavy atom. The van der Waals surface area contributed by atoms with Crippen LogP contribution in [0.2, 0.25) is 0 Å². The van der Waals surface area contributed by atoms with E-state index in [9.17, 15) is 14.4 Å². The van der Waals surface area contributed by atoms with Gasteiger partial charge in [-0.2, -0.15) is 0 Å². The van der Waals surface area contributed by atoms with Crippen molar-refractivity contribution >= 4 is 17.6 Å². The second-order valence-corrected chi connectivity index (χ2v) is 3.89. The van der Waals surface area contributed by atoms with Crippen molar-refractivity contribution in [3.05, 3.63) is 46.1 Å². The lowest BCUT2D eigenvalue weighted by molar-refractivity contribution is 0.0602. The third-order valence-corrected chi connectivity index (χ3v) is 2.56. The summed E-state index contributed by atoms with van der Waals surface area (Å²) >= 11 is 0. The molecule has 0 unspecified atom stereocenters. The third kappa shape index (κ3) is 2.58. The number of para-hydroxylation sites is 1. The number of anilines is 1. The molecule has 2 aromatic rings. The van der Waals surface area contributed by atoms with Crippen molar-refractivity contribution in [3.63, 3.8) is 0 Å². The van der Waals surface area contributed by atoms with Crippen LogP contribution in [0.5, 0.6) is 0 Å². The molecule has 0 aliphatic heterocycles. The zero-order valence-electron chi connectivity index (χ0n) is 10.8. The topological polar surface area (TPSA) is 106 Å². The molecule has 8 heteroatoms. The van der Waals surface area contributed by atoms with E-state index in [4.69, 9.17) is 0 Å². The Bertz CT molecular complexity index is 716. The lowest BCUT2D eigenvalue weighted by atomic mass is 10.2. The number of ether oxygens (including phenoxy) is 1. The van der Waals surface area contributed by atoms with Gasteiger partial charge in [0.2, 0.25) is 5.82 Å². The highest BCUT2D eigenvalue weighted by Crippen LogP contribution is 2.16. The first-order valence-corrected chi connectivity index (χ1v) is 5.65. The molecule has 1 aromatic carbocycles. The van der Waals surface area contributed by atoms with Gasteiger partial charge in [0, 0.05) is 7.05 Å². The predicted molar refractivity (Wildman–Crippen MR) is 69.6 cm³/mol. The van der Waals surface area contributed by atoms with Gasteiger partial charge in [-0.1, -0.05) is 12.1 Å². The van der Waals surface area contributed by atoms with Crippen LogP contribution in [0.15, 0.2) is 29.1 Å². The number of aromatic amines is 1. The average molecular weight is 276 g/mol. The van der Waals surface area contributed by atoms with Gasteiger partial charge in [-0.15, -0.1) is 5.10 Å². The van der Waals surface area contributed by atoms with Crippen LogP contribution in [0.3, 0.4) is 0 Å². The van der Waals surface area contributed by atoms with E-state index >= 15 is 0 Å². The second-order valence-electron chi connectivity index (χ2n) is 3.89. The van der Waals surface area contributed by atoms with E-state index in [2.05, 4.69) is 20.1 Å². The van der Waals surface area contributed by atoms with Crippen LogP contribution in [0.25, 0.3) is 0 Å². The molecule has 1 heterocycles. The number of aryl methyl sites for hydroxylation is 1. The van der Waals surface area contributed by atoms with Gasteiger partial charge in [-0.25, -0.2) is 14.3 Å². The van der Waals surface area contributed by atoms with Crippen molar-refractivity contribution in [3.8, 4) is 0 Å². The van der Waals surface area contributed by atoms with Crippen molar-refractivity contribution in [2.24, 2.45) is 7.05 Å². The lowest BCUT2D eigenvalue weighted by Crippen LogP contribution is -2.17. The van der Waals surface area contributed by atoms with Crippen LogP contribution in [0.4, 0.5) is 5.69 Å². The minimum Gasteiger partial charge on any atom is -0.465 e. The molecule has 0 saturated carbocycles. The molecule has 0 radical (unpaired) electrons. The highest BCUT2D eigenvalue weighted by atomic mass is 16.5. The van der Waals surface area contributed by atoms with Gasteiger partial charge in [-0.05, 0) is 12.1 Å². The molecule has 104 valence electrons. The molecule has 0 saturated heterocycles. The number of rotatable bonds is 3. The van der Waals surface area contributed by atoms with Crippen LogP contribution in [0, 0.1) is 0 Å². The molecule has 1 amide bonds. The zero-order valence-corrected chi connectivity index (χ0v) is 10.8. The van der Waals surface area contributed by atoms with Crippen molar-refractivity contribution in [2.45, 2.75) is 0 Å². The number of H-pyrrole nitrogens is 1. The van der Waals surface area contributed by atoms with E-state index in [0.717, 1.165) is 4.68 Å². The third-order valence-electron chi connectivity index (χ3n) is 2.56. The standard InChI is InChI=1S/C12H12N4O4/c1-16-12(19)14-9(15-16)10(17)13-8-6-4-3-5-7(8)11(18)20-2/h3-6H,1-2H3,(H,13,17)(H,14,15,19). The summed E-state index contributed by atoms with van der Waals surface area (Å²) in [5, 5.41) is 6.22. The van der Waals surface area contributed by atoms with Crippen LogP contribution in [-0.4, -0.2) is 33.8 Å². The van der Waals surface area contributed by atoms with E-state index < -0.39 is 17.6 Å². The fourth-order valence-electron chi connectivity index (χ4n) is 1.57. The fourth-order valence-corrected chi connectivity index (χ4v) is 1.57. The van der Waals surface area contributed by atoms with Crippen molar-refractivity contribution in [1.29, 1.82) is 0 Å². The van der Waals surface area contributed by atoms with Gasteiger partial charge in [0.15, 0.2) is 0 Å². The monoisotopic (exact) mass is 276 g/mol. The number of amides is 1. The summed E-state index contributed by atoms with van der Waals surface area (Å²) in [5.41, 5.74) is -0.0196. The molecule has 0 aliphatic rings. The van der Waals surface area contributed by atoms with Crippen LogP contribution in [0.1, 0.15) is 21.0 Å². The van der Waals surface area contributed by atoms with Gasteiger partial charge in [0.05, 0.1) is 18.4 Å². The highest BCUT2D eigenvalue weighted by Gasteiger charge is 2.16. The van der Waals surface area contributed by atoms with Crippen LogP contribution < -0.4 is 11.0 Å². The Kier molecular flexibility index (Phi) is 3.65. The van der Waals surface area contributed by atoms with Gasteiger partial charge in [0.1, 0.15) is 0 Å². The molecule has 1 aromatic heterocycles. The van der Waals surface area contributed by atoms with E-state index in [1.54, 1.807) is 18.2 Å².